The van der Waals surface area contributed by atoms with Gasteiger partial charge in [-0.05, 0) is 36.4 Å². The first-order valence-electron chi connectivity index (χ1n) is 6.80. The summed E-state index contributed by atoms with van der Waals surface area (Å²) in [6.45, 7) is 3.90. The van der Waals surface area contributed by atoms with Crippen LogP contribution in [0, 0.1) is 0 Å². The summed E-state index contributed by atoms with van der Waals surface area (Å²) in [5.74, 6) is -0.124. The van der Waals surface area contributed by atoms with Crippen LogP contribution in [-0.4, -0.2) is 27.7 Å². The summed E-state index contributed by atoms with van der Waals surface area (Å²) in [7, 11) is 0. The van der Waals surface area contributed by atoms with E-state index in [1.807, 2.05) is 54.4 Å². The van der Waals surface area contributed by atoms with Crippen LogP contribution in [0.3, 0.4) is 0 Å². The number of carbonyl (C=O) groups is 1. The number of hydrogen-bond acceptors (Lipinski definition) is 3. The first-order valence-corrected chi connectivity index (χ1v) is 7.68. The largest absolute Gasteiger partial charge is 0.394 e. The molecule has 0 aromatic carbocycles. The zero-order chi connectivity index (χ0) is 14.6. The monoisotopic (exact) mass is 292 g/mol. The van der Waals surface area contributed by atoms with Gasteiger partial charge in [-0.15, -0.1) is 11.3 Å². The molecule has 2 heterocycles. The molecule has 0 aliphatic carbocycles. The minimum atomic E-state index is -0.533. The molecule has 2 rings (SSSR count). The van der Waals surface area contributed by atoms with Crippen LogP contribution < -0.4 is 5.32 Å². The van der Waals surface area contributed by atoms with Crippen molar-refractivity contribution in [1.29, 1.82) is 0 Å². The molecular formula is C15H20N2O2S. The Morgan fingerprint density at radius 3 is 2.55 bits per heavy atom. The second-order valence-corrected chi connectivity index (χ2v) is 5.74. The third-order valence-electron chi connectivity index (χ3n) is 3.77. The molecule has 5 heteroatoms. The molecular weight excluding hydrogens is 272 g/mol. The number of carbonyl (C=O) groups excluding carboxylic acids is 1. The van der Waals surface area contributed by atoms with Crippen LogP contribution in [-0.2, 0) is 0 Å². The zero-order valence-corrected chi connectivity index (χ0v) is 12.6. The van der Waals surface area contributed by atoms with Gasteiger partial charge in [-0.1, -0.05) is 13.8 Å². The fourth-order valence-electron chi connectivity index (χ4n) is 2.16. The lowest BCUT2D eigenvalue weighted by atomic mass is 9.94. The summed E-state index contributed by atoms with van der Waals surface area (Å²) >= 11 is 1.41. The highest BCUT2D eigenvalue weighted by Crippen LogP contribution is 2.23. The Morgan fingerprint density at radius 2 is 2.00 bits per heavy atom. The second-order valence-electron chi connectivity index (χ2n) is 4.82. The molecule has 2 aromatic heterocycles. The number of aliphatic hydroxyl groups is 1. The fourth-order valence-corrected chi connectivity index (χ4v) is 2.94. The first kappa shape index (κ1) is 14.8. The summed E-state index contributed by atoms with van der Waals surface area (Å²) in [5.41, 5.74) is 0.339. The van der Waals surface area contributed by atoms with Gasteiger partial charge in [0, 0.05) is 12.4 Å². The number of aromatic nitrogens is 1. The molecule has 0 spiro atoms. The highest BCUT2D eigenvalue weighted by atomic mass is 32.1. The molecule has 108 valence electrons. The molecule has 0 saturated carbocycles. The van der Waals surface area contributed by atoms with E-state index in [9.17, 15) is 9.90 Å². The van der Waals surface area contributed by atoms with Gasteiger partial charge in [-0.2, -0.15) is 0 Å². The smallest absolute Gasteiger partial charge is 0.264 e. The molecule has 4 nitrogen and oxygen atoms in total. The van der Waals surface area contributed by atoms with Crippen LogP contribution >= 0.6 is 11.3 Å². The van der Waals surface area contributed by atoms with E-state index in [1.54, 1.807) is 0 Å². The van der Waals surface area contributed by atoms with Crippen molar-refractivity contribution in [2.75, 3.05) is 6.61 Å². The summed E-state index contributed by atoms with van der Waals surface area (Å²) in [5, 5.41) is 14.5. The minimum Gasteiger partial charge on any atom is -0.394 e. The topological polar surface area (TPSA) is 54.3 Å². The van der Waals surface area contributed by atoms with Gasteiger partial charge in [0.2, 0.25) is 0 Å². The molecule has 0 radical (unpaired) electrons. The number of thiophene rings is 1. The summed E-state index contributed by atoms with van der Waals surface area (Å²) in [6.07, 6.45) is 5.24. The molecule has 0 aliphatic rings. The molecule has 0 atom stereocenters. The number of hydrogen-bond donors (Lipinski definition) is 2. The molecule has 0 fully saturated rings. The average Bonchev–Trinajstić information content (AvgIpc) is 3.14. The molecule has 2 N–H and O–H groups in total. The molecule has 0 aliphatic heterocycles. The van der Waals surface area contributed by atoms with Gasteiger partial charge in [0.1, 0.15) is 4.88 Å². The lowest BCUT2D eigenvalue weighted by Crippen LogP contribution is -2.50. The Hall–Kier alpha value is -1.59. The average molecular weight is 292 g/mol. The van der Waals surface area contributed by atoms with Crippen molar-refractivity contribution in [3.8, 4) is 5.69 Å². The maximum absolute atomic E-state index is 12.5. The SMILES string of the molecule is CCC(CC)(CO)NC(=O)c1sccc1-n1cccc1. The van der Waals surface area contributed by atoms with E-state index in [1.165, 1.54) is 11.3 Å². The van der Waals surface area contributed by atoms with Crippen molar-refractivity contribution in [2.24, 2.45) is 0 Å². The number of nitrogens with one attached hydrogen (secondary N) is 1. The predicted molar refractivity (Wildman–Crippen MR) is 81.5 cm³/mol. The van der Waals surface area contributed by atoms with Gasteiger partial charge < -0.3 is 15.0 Å². The third-order valence-corrected chi connectivity index (χ3v) is 4.67. The lowest BCUT2D eigenvalue weighted by molar-refractivity contribution is 0.0822. The number of rotatable bonds is 6. The van der Waals surface area contributed by atoms with E-state index >= 15 is 0 Å². The van der Waals surface area contributed by atoms with Crippen LogP contribution in [0.25, 0.3) is 5.69 Å². The summed E-state index contributed by atoms with van der Waals surface area (Å²) in [4.78, 5) is 13.2. The fraction of sp³-hybridized carbons (Fsp3) is 0.400. The van der Waals surface area contributed by atoms with Gasteiger partial charge in [-0.25, -0.2) is 0 Å². The zero-order valence-electron chi connectivity index (χ0n) is 11.8. The van der Waals surface area contributed by atoms with Crippen molar-refractivity contribution in [3.05, 3.63) is 40.8 Å². The summed E-state index contributed by atoms with van der Waals surface area (Å²) in [6, 6.07) is 5.78. The van der Waals surface area contributed by atoms with Crippen molar-refractivity contribution >= 4 is 17.2 Å². The van der Waals surface area contributed by atoms with Gasteiger partial charge >= 0.3 is 0 Å². The van der Waals surface area contributed by atoms with Crippen molar-refractivity contribution in [3.63, 3.8) is 0 Å². The highest BCUT2D eigenvalue weighted by molar-refractivity contribution is 7.12. The van der Waals surface area contributed by atoms with E-state index in [0.717, 1.165) is 5.69 Å². The first-order chi connectivity index (χ1) is 9.65. The predicted octanol–water partition coefficient (Wildman–Crippen LogP) is 2.82. The van der Waals surface area contributed by atoms with Crippen LogP contribution in [0.1, 0.15) is 36.4 Å². The third kappa shape index (κ3) is 2.78. The standard InChI is InChI=1S/C15H20N2O2S/c1-3-15(4-2,11-18)16-14(19)13-12(7-10-20-13)17-8-5-6-9-17/h5-10,18H,3-4,11H2,1-2H3,(H,16,19). The van der Waals surface area contributed by atoms with Gasteiger partial charge in [0.05, 0.1) is 17.8 Å². The number of amides is 1. The van der Waals surface area contributed by atoms with Crippen LogP contribution in [0.4, 0.5) is 0 Å². The maximum atomic E-state index is 12.5. The van der Waals surface area contributed by atoms with E-state index < -0.39 is 5.54 Å². The minimum absolute atomic E-state index is 0.0457. The molecule has 0 bridgehead atoms. The van der Waals surface area contributed by atoms with Gasteiger partial charge in [0.25, 0.3) is 5.91 Å². The van der Waals surface area contributed by atoms with Crippen LogP contribution in [0.2, 0.25) is 0 Å². The van der Waals surface area contributed by atoms with Crippen molar-refractivity contribution < 1.29 is 9.90 Å². The van der Waals surface area contributed by atoms with Crippen LogP contribution in [0.15, 0.2) is 36.0 Å². The number of aliphatic hydroxyl groups excluding tert-OH is 1. The second kappa shape index (κ2) is 6.24. The molecule has 2 aromatic rings. The van der Waals surface area contributed by atoms with Crippen molar-refractivity contribution in [2.45, 2.75) is 32.2 Å². The Balaban J connectivity index is 2.25. The van der Waals surface area contributed by atoms with Gasteiger partial charge in [0.15, 0.2) is 0 Å². The highest BCUT2D eigenvalue weighted by Gasteiger charge is 2.29. The van der Waals surface area contributed by atoms with Crippen molar-refractivity contribution in [1.82, 2.24) is 9.88 Å². The molecule has 20 heavy (non-hydrogen) atoms. The number of nitrogens with zero attached hydrogens (tertiary/aromatic N) is 1. The van der Waals surface area contributed by atoms with E-state index in [2.05, 4.69) is 5.32 Å². The summed E-state index contributed by atoms with van der Waals surface area (Å²) < 4.78 is 1.92. The Bertz CT molecular complexity index is 548. The van der Waals surface area contributed by atoms with Gasteiger partial charge in [-0.3, -0.25) is 4.79 Å². The Labute approximate surface area is 123 Å². The van der Waals surface area contributed by atoms with Crippen LogP contribution in [0.5, 0.6) is 0 Å². The quantitative estimate of drug-likeness (QED) is 0.860. The van der Waals surface area contributed by atoms with E-state index in [0.29, 0.717) is 17.7 Å². The molecule has 0 saturated heterocycles. The van der Waals surface area contributed by atoms with E-state index in [-0.39, 0.29) is 12.5 Å². The molecule has 0 unspecified atom stereocenters. The maximum Gasteiger partial charge on any atom is 0.264 e. The Kier molecular flexibility index (Phi) is 4.62. The normalized spacial score (nSPS) is 11.6. The van der Waals surface area contributed by atoms with E-state index in [4.69, 9.17) is 0 Å². The lowest BCUT2D eigenvalue weighted by Gasteiger charge is -2.30. The Morgan fingerprint density at radius 1 is 1.35 bits per heavy atom. The molecule has 1 amide bonds.